The Morgan fingerprint density at radius 2 is 1.00 bits per heavy atom. The van der Waals surface area contributed by atoms with Crippen LogP contribution in [0.5, 0.6) is 0 Å². The number of amides is 8. The lowest BCUT2D eigenvalue weighted by atomic mass is 10.3. The summed E-state index contributed by atoms with van der Waals surface area (Å²) in [7, 11) is 13.8. The number of hydrogen-bond acceptors (Lipinski definition) is 13. The molecule has 0 saturated heterocycles. The second kappa shape index (κ2) is 25.5. The van der Waals surface area contributed by atoms with Crippen molar-refractivity contribution in [2.75, 3.05) is 88.2 Å². The molecule has 0 aromatic carbocycles. The molecule has 0 aliphatic carbocycles. The van der Waals surface area contributed by atoms with Crippen LogP contribution in [0.4, 0.5) is 23.0 Å². The van der Waals surface area contributed by atoms with E-state index in [1.165, 1.54) is 55.2 Å². The van der Waals surface area contributed by atoms with Crippen molar-refractivity contribution in [1.29, 1.82) is 0 Å². The van der Waals surface area contributed by atoms with E-state index in [1.54, 1.807) is 64.1 Å². The molecule has 0 saturated carbocycles. The standard InChI is InChI=1S/C45H64N18O8/c1-46-14-9-19-57(2)20-10-21-58(3)37(66)13-17-50-43(69)39-55-33(27-62(39)7)53-35(64)11-15-49-42(68)32-24-30(26-61(32)6)52-45(71)40-56-34(28-63(40)8)54-36(65)12-16-48-41(67)31-23-29(25-60(31)5)51-44(70)38-47-18-22-59(38)4/h18,22-28,46H,9-17,19-21H2,1-8H3,(H,48,67)(H,49,68)(H,50,69)(H,51,70)(H,52,71)(H,53,64)(H,54,65). The molecule has 71 heavy (non-hydrogen) atoms. The molecule has 382 valence electrons. The zero-order valence-corrected chi connectivity index (χ0v) is 41.3. The zero-order chi connectivity index (χ0) is 51.8. The van der Waals surface area contributed by atoms with Gasteiger partial charge in [-0.25, -0.2) is 15.0 Å². The van der Waals surface area contributed by atoms with Crippen molar-refractivity contribution >= 4 is 70.3 Å². The minimum absolute atomic E-state index is 0.0160. The van der Waals surface area contributed by atoms with Crippen LogP contribution in [-0.4, -0.2) is 162 Å². The number of rotatable bonds is 26. The molecule has 5 aromatic heterocycles. The van der Waals surface area contributed by atoms with Gasteiger partial charge in [0.05, 0.1) is 11.4 Å². The molecular formula is C45H64N18O8. The Morgan fingerprint density at radius 3 is 1.51 bits per heavy atom. The Hall–Kier alpha value is -8.13. The fourth-order valence-corrected chi connectivity index (χ4v) is 7.21. The summed E-state index contributed by atoms with van der Waals surface area (Å²) >= 11 is 0. The summed E-state index contributed by atoms with van der Waals surface area (Å²) < 4.78 is 7.46. The third-order valence-corrected chi connectivity index (χ3v) is 11.0. The summed E-state index contributed by atoms with van der Waals surface area (Å²) in [5.41, 5.74) is 1.11. The number of carbonyl (C=O) groups excluding carboxylic acids is 8. The fraction of sp³-hybridized carbons (Fsp3) is 0.444. The van der Waals surface area contributed by atoms with E-state index in [0.29, 0.717) is 12.2 Å². The first kappa shape index (κ1) is 53.8. The second-order valence-electron chi connectivity index (χ2n) is 16.9. The molecule has 0 fully saturated rings. The van der Waals surface area contributed by atoms with E-state index in [4.69, 9.17) is 0 Å². The van der Waals surface area contributed by atoms with Gasteiger partial charge < -0.3 is 75.2 Å². The zero-order valence-electron chi connectivity index (χ0n) is 41.3. The molecule has 8 N–H and O–H groups in total. The number of hydrogen-bond donors (Lipinski definition) is 8. The number of nitrogens with one attached hydrogen (secondary N) is 8. The molecule has 0 bridgehead atoms. The summed E-state index contributed by atoms with van der Waals surface area (Å²) in [6.45, 7) is 3.48. The van der Waals surface area contributed by atoms with Crippen molar-refractivity contribution in [2.24, 2.45) is 35.2 Å². The highest BCUT2D eigenvalue weighted by Gasteiger charge is 2.21. The monoisotopic (exact) mass is 985 g/mol. The molecule has 26 nitrogen and oxygen atoms in total. The molecule has 26 heteroatoms. The van der Waals surface area contributed by atoms with Gasteiger partial charge in [0.15, 0.2) is 17.5 Å². The predicted molar refractivity (Wildman–Crippen MR) is 263 cm³/mol. The van der Waals surface area contributed by atoms with Crippen molar-refractivity contribution < 1.29 is 38.4 Å². The number of anilines is 4. The maximum absolute atomic E-state index is 13.2. The molecule has 0 radical (unpaired) electrons. The Balaban J connectivity index is 0.991. The maximum atomic E-state index is 13.2. The summed E-state index contributed by atoms with van der Waals surface area (Å²) in [6, 6.07) is 2.95. The van der Waals surface area contributed by atoms with Gasteiger partial charge in [-0.3, -0.25) is 38.4 Å². The van der Waals surface area contributed by atoms with Gasteiger partial charge in [-0.05, 0) is 58.7 Å². The molecule has 0 aliphatic rings. The van der Waals surface area contributed by atoms with Crippen molar-refractivity contribution in [3.05, 3.63) is 78.2 Å². The first-order valence-corrected chi connectivity index (χ1v) is 22.8. The van der Waals surface area contributed by atoms with Gasteiger partial charge in [0.25, 0.3) is 29.5 Å². The summed E-state index contributed by atoms with van der Waals surface area (Å²) in [5.74, 6) is -3.13. The van der Waals surface area contributed by atoms with Crippen LogP contribution < -0.4 is 42.5 Å². The fourth-order valence-electron chi connectivity index (χ4n) is 7.21. The molecule has 5 rings (SSSR count). The topological polar surface area (TPSA) is 303 Å². The lowest BCUT2D eigenvalue weighted by molar-refractivity contribution is -0.129. The maximum Gasteiger partial charge on any atom is 0.291 e. The Morgan fingerprint density at radius 1 is 0.521 bits per heavy atom. The number of carbonyl (C=O) groups is 8. The third kappa shape index (κ3) is 15.7. The van der Waals surface area contributed by atoms with Gasteiger partial charge in [-0.15, -0.1) is 0 Å². The normalized spacial score (nSPS) is 11.0. The van der Waals surface area contributed by atoms with Gasteiger partial charge in [-0.2, -0.15) is 0 Å². The van der Waals surface area contributed by atoms with E-state index in [1.807, 2.05) is 7.05 Å². The number of aryl methyl sites for hydroxylation is 5. The lowest BCUT2D eigenvalue weighted by Crippen LogP contribution is -2.34. The molecule has 0 aliphatic heterocycles. The molecule has 5 heterocycles. The van der Waals surface area contributed by atoms with E-state index in [2.05, 4.69) is 69.4 Å². The van der Waals surface area contributed by atoms with Crippen molar-refractivity contribution in [3.8, 4) is 0 Å². The van der Waals surface area contributed by atoms with E-state index < -0.39 is 41.4 Å². The highest BCUT2D eigenvalue weighted by atomic mass is 16.2. The van der Waals surface area contributed by atoms with Crippen LogP contribution in [0.2, 0.25) is 0 Å². The summed E-state index contributed by atoms with van der Waals surface area (Å²) in [5, 5.41) is 21.8. The molecule has 5 aromatic rings. The van der Waals surface area contributed by atoms with E-state index in [0.717, 1.165) is 32.5 Å². The van der Waals surface area contributed by atoms with Crippen LogP contribution in [-0.2, 0) is 49.6 Å². The summed E-state index contributed by atoms with van der Waals surface area (Å²) in [6.07, 6.45) is 11.0. The highest BCUT2D eigenvalue weighted by Crippen LogP contribution is 2.17. The largest absolute Gasteiger partial charge is 0.350 e. The van der Waals surface area contributed by atoms with Crippen LogP contribution in [0.15, 0.2) is 49.3 Å². The average Bonchev–Trinajstić information content (AvgIpc) is 4.15. The predicted octanol–water partition coefficient (Wildman–Crippen LogP) is 0.0956. The Bertz CT molecular complexity index is 2710. The minimum atomic E-state index is -0.623. The minimum Gasteiger partial charge on any atom is -0.350 e. The number of imidazole rings is 3. The molecule has 0 unspecified atom stereocenters. The van der Waals surface area contributed by atoms with Crippen LogP contribution >= 0.6 is 0 Å². The van der Waals surface area contributed by atoms with Crippen molar-refractivity contribution in [1.82, 2.24) is 68.9 Å². The highest BCUT2D eigenvalue weighted by molar-refractivity contribution is 6.04. The Labute approximate surface area is 410 Å². The van der Waals surface area contributed by atoms with Crippen LogP contribution in [0.1, 0.15) is 84.9 Å². The lowest BCUT2D eigenvalue weighted by Gasteiger charge is -2.20. The first-order chi connectivity index (χ1) is 33.8. The van der Waals surface area contributed by atoms with Crippen LogP contribution in [0.3, 0.4) is 0 Å². The van der Waals surface area contributed by atoms with Crippen molar-refractivity contribution in [2.45, 2.75) is 32.1 Å². The van der Waals surface area contributed by atoms with Gasteiger partial charge in [0.1, 0.15) is 11.4 Å². The van der Waals surface area contributed by atoms with E-state index in [9.17, 15) is 38.4 Å². The van der Waals surface area contributed by atoms with Crippen LogP contribution in [0.25, 0.3) is 0 Å². The first-order valence-electron chi connectivity index (χ1n) is 22.8. The quantitative estimate of drug-likeness (QED) is 0.0342. The van der Waals surface area contributed by atoms with E-state index in [-0.39, 0.29) is 91.0 Å². The SMILES string of the molecule is CNCCCN(C)CCCN(C)C(=O)CCNC(=O)c1nc(NC(=O)CCNC(=O)c2cc(NC(=O)c3nc(NC(=O)CCNC(=O)c4cc(NC(=O)c5nccn5C)cn4C)cn3C)cn2C)cn1C. The number of nitrogens with zero attached hydrogens (tertiary/aromatic N) is 10. The molecular weight excluding hydrogens is 921 g/mol. The molecule has 0 spiro atoms. The summed E-state index contributed by atoms with van der Waals surface area (Å²) in [4.78, 5) is 119. The Kier molecular flexibility index (Phi) is 19.3. The van der Waals surface area contributed by atoms with Gasteiger partial charge in [0, 0.05) is 125 Å². The van der Waals surface area contributed by atoms with E-state index >= 15 is 0 Å². The average molecular weight is 985 g/mol. The van der Waals surface area contributed by atoms with Gasteiger partial charge in [-0.1, -0.05) is 0 Å². The second-order valence-corrected chi connectivity index (χ2v) is 16.9. The van der Waals surface area contributed by atoms with Crippen LogP contribution in [0, 0.1) is 0 Å². The van der Waals surface area contributed by atoms with Gasteiger partial charge in [0.2, 0.25) is 29.4 Å². The number of aromatic nitrogens is 8. The third-order valence-electron chi connectivity index (χ3n) is 11.0. The molecule has 8 amide bonds. The van der Waals surface area contributed by atoms with Gasteiger partial charge >= 0.3 is 0 Å². The smallest absolute Gasteiger partial charge is 0.291 e. The molecule has 0 atom stereocenters. The van der Waals surface area contributed by atoms with Crippen molar-refractivity contribution in [3.63, 3.8) is 0 Å².